The fourth-order valence-corrected chi connectivity index (χ4v) is 1.78. The van der Waals surface area contributed by atoms with E-state index in [4.69, 9.17) is 11.6 Å². The molecule has 0 bridgehead atoms. The Morgan fingerprint density at radius 3 is 2.69 bits per heavy atom. The minimum absolute atomic E-state index is 0.0378. The fraction of sp³-hybridized carbons (Fsp3) is 0.545. The zero-order valence-electron chi connectivity index (χ0n) is 9.30. The van der Waals surface area contributed by atoms with Crippen molar-refractivity contribution < 1.29 is 8.78 Å². The number of nitrogens with zero attached hydrogens (tertiary/aromatic N) is 1. The molecule has 90 valence electrons. The van der Waals surface area contributed by atoms with Crippen LogP contribution in [0.1, 0.15) is 20.3 Å². The van der Waals surface area contributed by atoms with Crippen molar-refractivity contribution in [2.45, 2.75) is 25.6 Å². The van der Waals surface area contributed by atoms with Crippen molar-refractivity contribution in [1.82, 2.24) is 4.98 Å². The second kappa shape index (κ2) is 5.99. The lowest BCUT2D eigenvalue weighted by Crippen LogP contribution is -2.17. The predicted octanol–water partition coefficient (Wildman–Crippen LogP) is 3.43. The highest BCUT2D eigenvalue weighted by atomic mass is 35.5. The van der Waals surface area contributed by atoms with Crippen molar-refractivity contribution in [2.24, 2.45) is 5.92 Å². The summed E-state index contributed by atoms with van der Waals surface area (Å²) in [6, 6.07) is 0.793. The lowest BCUT2D eigenvalue weighted by atomic mass is 10.1. The Kier molecular flexibility index (Phi) is 4.93. The van der Waals surface area contributed by atoms with Gasteiger partial charge < -0.3 is 5.32 Å². The first-order valence-corrected chi connectivity index (χ1v) is 5.61. The van der Waals surface area contributed by atoms with E-state index in [2.05, 4.69) is 24.1 Å². The van der Waals surface area contributed by atoms with Gasteiger partial charge in [0.05, 0.1) is 11.6 Å². The molecule has 2 nitrogen and oxygen atoms in total. The van der Waals surface area contributed by atoms with Crippen LogP contribution in [0.2, 0.25) is 0 Å². The van der Waals surface area contributed by atoms with Crippen molar-refractivity contribution in [3.8, 4) is 0 Å². The molecule has 1 N–H and O–H groups in total. The van der Waals surface area contributed by atoms with E-state index in [0.717, 1.165) is 18.7 Å². The number of anilines is 1. The molecule has 0 amide bonds. The number of aromatic nitrogens is 1. The Hall–Kier alpha value is -0.900. The number of nitrogens with one attached hydrogen (secondary N) is 1. The van der Waals surface area contributed by atoms with Gasteiger partial charge in [-0.25, -0.2) is 13.8 Å². The smallest absolute Gasteiger partial charge is 0.168 e. The maximum atomic E-state index is 13.2. The molecule has 0 aromatic carbocycles. The highest BCUT2D eigenvalue weighted by Crippen LogP contribution is 2.14. The van der Waals surface area contributed by atoms with Gasteiger partial charge in [-0.05, 0) is 12.3 Å². The van der Waals surface area contributed by atoms with Crippen molar-refractivity contribution >= 4 is 17.4 Å². The average molecular weight is 249 g/mol. The lowest BCUT2D eigenvalue weighted by Gasteiger charge is -2.13. The number of hydrogen-bond donors (Lipinski definition) is 1. The minimum Gasteiger partial charge on any atom is -0.366 e. The normalized spacial score (nSPS) is 12.9. The van der Waals surface area contributed by atoms with Crippen LogP contribution in [0.25, 0.3) is 0 Å². The molecule has 0 aliphatic carbocycles. The highest BCUT2D eigenvalue weighted by Gasteiger charge is 2.10. The summed E-state index contributed by atoms with van der Waals surface area (Å²) in [7, 11) is 0. The monoisotopic (exact) mass is 248 g/mol. The van der Waals surface area contributed by atoms with E-state index >= 15 is 0 Å². The summed E-state index contributed by atoms with van der Waals surface area (Å²) in [5.74, 6) is -0.868. The van der Waals surface area contributed by atoms with E-state index < -0.39 is 11.6 Å². The zero-order chi connectivity index (χ0) is 12.1. The van der Waals surface area contributed by atoms with E-state index in [-0.39, 0.29) is 11.2 Å². The summed E-state index contributed by atoms with van der Waals surface area (Å²) < 4.78 is 25.7. The number of alkyl halides is 1. The van der Waals surface area contributed by atoms with Crippen LogP contribution in [-0.4, -0.2) is 16.9 Å². The third-order valence-electron chi connectivity index (χ3n) is 2.03. The van der Waals surface area contributed by atoms with E-state index in [9.17, 15) is 8.78 Å². The van der Waals surface area contributed by atoms with Crippen LogP contribution in [0.4, 0.5) is 14.6 Å². The van der Waals surface area contributed by atoms with Crippen LogP contribution in [-0.2, 0) is 0 Å². The molecule has 0 spiro atoms. The molecule has 0 aliphatic heterocycles. The number of hydrogen-bond acceptors (Lipinski definition) is 2. The van der Waals surface area contributed by atoms with Crippen LogP contribution in [0.15, 0.2) is 12.3 Å². The fourth-order valence-electron chi connectivity index (χ4n) is 1.35. The molecule has 0 saturated heterocycles. The molecule has 0 saturated carbocycles. The Morgan fingerprint density at radius 1 is 1.44 bits per heavy atom. The number of rotatable bonds is 5. The van der Waals surface area contributed by atoms with Crippen LogP contribution in [0, 0.1) is 17.6 Å². The van der Waals surface area contributed by atoms with Crippen LogP contribution in [0.3, 0.4) is 0 Å². The van der Waals surface area contributed by atoms with Gasteiger partial charge in [-0.2, -0.15) is 0 Å². The zero-order valence-corrected chi connectivity index (χ0v) is 10.1. The van der Waals surface area contributed by atoms with E-state index in [1.54, 1.807) is 0 Å². The van der Waals surface area contributed by atoms with Crippen molar-refractivity contribution in [2.75, 3.05) is 11.9 Å². The van der Waals surface area contributed by atoms with E-state index in [1.807, 2.05) is 0 Å². The summed E-state index contributed by atoms with van der Waals surface area (Å²) in [4.78, 5) is 3.61. The lowest BCUT2D eigenvalue weighted by molar-refractivity contribution is 0.564. The third kappa shape index (κ3) is 4.31. The van der Waals surface area contributed by atoms with Gasteiger partial charge in [-0.1, -0.05) is 13.8 Å². The summed E-state index contributed by atoms with van der Waals surface area (Å²) in [6.07, 6.45) is 1.80. The van der Waals surface area contributed by atoms with Gasteiger partial charge in [-0.15, -0.1) is 11.6 Å². The predicted molar refractivity (Wildman–Crippen MR) is 61.7 cm³/mol. The third-order valence-corrected chi connectivity index (χ3v) is 2.36. The summed E-state index contributed by atoms with van der Waals surface area (Å²) in [5, 5.41) is 2.67. The molecule has 1 atom stereocenters. The van der Waals surface area contributed by atoms with Crippen LogP contribution < -0.4 is 5.32 Å². The van der Waals surface area contributed by atoms with Crippen molar-refractivity contribution in [3.63, 3.8) is 0 Å². The molecule has 1 aromatic rings. The summed E-state index contributed by atoms with van der Waals surface area (Å²) in [6.45, 7) is 4.54. The van der Waals surface area contributed by atoms with Crippen molar-refractivity contribution in [1.29, 1.82) is 0 Å². The van der Waals surface area contributed by atoms with Gasteiger partial charge in [0.15, 0.2) is 11.6 Å². The van der Waals surface area contributed by atoms with Gasteiger partial charge in [0.25, 0.3) is 0 Å². The SMILES string of the molecule is CC(C)CC(Cl)CNc1ncc(F)cc1F. The minimum atomic E-state index is -0.701. The quantitative estimate of drug-likeness (QED) is 0.808. The summed E-state index contributed by atoms with van der Waals surface area (Å²) in [5.41, 5.74) is 0. The van der Waals surface area contributed by atoms with Gasteiger partial charge >= 0.3 is 0 Å². The molecule has 5 heteroatoms. The number of pyridine rings is 1. The Labute approximate surface area is 99.0 Å². The Bertz CT molecular complexity index is 345. The van der Waals surface area contributed by atoms with E-state index in [1.165, 1.54) is 0 Å². The van der Waals surface area contributed by atoms with Gasteiger partial charge in [-0.3, -0.25) is 0 Å². The molecule has 0 fully saturated rings. The van der Waals surface area contributed by atoms with Gasteiger partial charge in [0, 0.05) is 12.6 Å². The standard InChI is InChI=1S/C11H15ClF2N2/c1-7(2)3-8(12)5-15-11-10(14)4-9(13)6-16-11/h4,6-8H,3,5H2,1-2H3,(H,15,16). The van der Waals surface area contributed by atoms with Crippen LogP contribution >= 0.6 is 11.6 Å². The van der Waals surface area contributed by atoms with Crippen LogP contribution in [0.5, 0.6) is 0 Å². The Balaban J connectivity index is 2.48. The number of halogens is 3. The average Bonchev–Trinajstić information content (AvgIpc) is 2.15. The highest BCUT2D eigenvalue weighted by molar-refractivity contribution is 6.20. The summed E-state index contributed by atoms with van der Waals surface area (Å²) >= 11 is 6.02. The Morgan fingerprint density at radius 2 is 2.12 bits per heavy atom. The maximum absolute atomic E-state index is 13.2. The molecule has 16 heavy (non-hydrogen) atoms. The largest absolute Gasteiger partial charge is 0.366 e. The first kappa shape index (κ1) is 13.2. The van der Waals surface area contributed by atoms with E-state index in [0.29, 0.717) is 12.5 Å². The topological polar surface area (TPSA) is 24.9 Å². The molecule has 1 unspecified atom stereocenters. The molecule has 1 aromatic heterocycles. The van der Waals surface area contributed by atoms with Gasteiger partial charge in [0.1, 0.15) is 5.82 Å². The van der Waals surface area contributed by atoms with Crippen molar-refractivity contribution in [3.05, 3.63) is 23.9 Å². The molecule has 0 radical (unpaired) electrons. The molecular weight excluding hydrogens is 234 g/mol. The molecular formula is C11H15ClF2N2. The molecule has 1 rings (SSSR count). The first-order chi connectivity index (χ1) is 7.49. The first-order valence-electron chi connectivity index (χ1n) is 5.18. The second-order valence-electron chi connectivity index (χ2n) is 4.09. The molecule has 0 aliphatic rings. The maximum Gasteiger partial charge on any atom is 0.168 e. The van der Waals surface area contributed by atoms with Gasteiger partial charge in [0.2, 0.25) is 0 Å². The second-order valence-corrected chi connectivity index (χ2v) is 4.71. The molecule has 1 heterocycles.